The lowest BCUT2D eigenvalue weighted by Gasteiger charge is -2.15. The van der Waals surface area contributed by atoms with Gasteiger partial charge in [-0.2, -0.15) is 0 Å². The van der Waals surface area contributed by atoms with E-state index in [0.29, 0.717) is 16.7 Å². The second kappa shape index (κ2) is 9.60. The Bertz CT molecular complexity index is 1190. The summed E-state index contributed by atoms with van der Waals surface area (Å²) in [5, 5.41) is 5.16. The Labute approximate surface area is 198 Å². The first-order valence-corrected chi connectivity index (χ1v) is 11.8. The van der Waals surface area contributed by atoms with Crippen LogP contribution in [0.25, 0.3) is 27.7 Å². The van der Waals surface area contributed by atoms with E-state index in [1.807, 2.05) is 39.0 Å². The molecule has 32 heavy (non-hydrogen) atoms. The lowest BCUT2D eigenvalue weighted by molar-refractivity contribution is -0.117. The lowest BCUT2D eigenvalue weighted by Crippen LogP contribution is -2.31. The summed E-state index contributed by atoms with van der Waals surface area (Å²) in [7, 11) is 0. The van der Waals surface area contributed by atoms with Gasteiger partial charge in [-0.05, 0) is 57.4 Å². The molecule has 4 nitrogen and oxygen atoms in total. The third-order valence-corrected chi connectivity index (χ3v) is 6.58. The van der Waals surface area contributed by atoms with Gasteiger partial charge in [-0.15, -0.1) is 0 Å². The third kappa shape index (κ3) is 4.53. The van der Waals surface area contributed by atoms with Crippen LogP contribution in [0.15, 0.2) is 41.0 Å². The molecule has 0 unspecified atom stereocenters. The standard InChI is InChI=1S/C26H27Cl2NO3/c1-4-31-25-16(3)26-21(22(14-32-26)19-10-9-17(27)12-23(19)28)13-20(25)15(2)11-24(30)29-18-7-5-6-8-18/h9-14,18H,4-8H2,1-3H3,(H,29,30)/b15-11+. The second-order valence-corrected chi connectivity index (χ2v) is 9.12. The molecule has 1 saturated carbocycles. The molecule has 6 heteroatoms. The quantitative estimate of drug-likeness (QED) is 0.377. The van der Waals surface area contributed by atoms with E-state index < -0.39 is 0 Å². The van der Waals surface area contributed by atoms with Crippen molar-refractivity contribution in [3.63, 3.8) is 0 Å². The average molecular weight is 472 g/mol. The fraction of sp³-hybridized carbons (Fsp3) is 0.346. The monoisotopic (exact) mass is 471 g/mol. The molecule has 1 aliphatic carbocycles. The van der Waals surface area contributed by atoms with Gasteiger partial charge in [0.05, 0.1) is 17.9 Å². The van der Waals surface area contributed by atoms with Gasteiger partial charge < -0.3 is 14.5 Å². The van der Waals surface area contributed by atoms with Crippen LogP contribution in [0, 0.1) is 6.92 Å². The molecule has 1 fully saturated rings. The molecule has 0 spiro atoms. The lowest BCUT2D eigenvalue weighted by atomic mass is 9.96. The number of benzene rings is 2. The highest BCUT2D eigenvalue weighted by atomic mass is 35.5. The van der Waals surface area contributed by atoms with Crippen molar-refractivity contribution in [1.82, 2.24) is 5.32 Å². The summed E-state index contributed by atoms with van der Waals surface area (Å²) in [6, 6.07) is 7.71. The van der Waals surface area contributed by atoms with Crippen molar-refractivity contribution < 1.29 is 13.9 Å². The third-order valence-electron chi connectivity index (χ3n) is 6.03. The Morgan fingerprint density at radius 3 is 2.66 bits per heavy atom. The van der Waals surface area contributed by atoms with E-state index in [-0.39, 0.29) is 11.9 Å². The van der Waals surface area contributed by atoms with Gasteiger partial charge in [-0.25, -0.2) is 0 Å². The maximum atomic E-state index is 12.6. The maximum absolute atomic E-state index is 12.6. The number of ether oxygens (including phenoxy) is 1. The molecule has 4 rings (SSSR count). The summed E-state index contributed by atoms with van der Waals surface area (Å²) in [5.41, 5.74) is 5.04. The van der Waals surface area contributed by atoms with E-state index in [1.54, 1.807) is 18.4 Å². The van der Waals surface area contributed by atoms with Crippen LogP contribution in [0.2, 0.25) is 10.0 Å². The minimum absolute atomic E-state index is 0.0669. The fourth-order valence-electron chi connectivity index (χ4n) is 4.44. The molecule has 1 N–H and O–H groups in total. The first kappa shape index (κ1) is 22.8. The van der Waals surface area contributed by atoms with Crippen molar-refractivity contribution in [2.75, 3.05) is 6.61 Å². The minimum Gasteiger partial charge on any atom is -0.493 e. The summed E-state index contributed by atoms with van der Waals surface area (Å²) in [6.07, 6.45) is 7.82. The highest BCUT2D eigenvalue weighted by Crippen LogP contribution is 2.42. The number of furan rings is 1. The predicted octanol–water partition coefficient (Wildman–Crippen LogP) is 7.58. The summed E-state index contributed by atoms with van der Waals surface area (Å²) >= 11 is 12.6. The molecule has 1 aliphatic rings. The first-order valence-electron chi connectivity index (χ1n) is 11.0. The number of fused-ring (bicyclic) bond motifs is 1. The molecule has 3 aromatic rings. The fourth-order valence-corrected chi connectivity index (χ4v) is 4.95. The summed E-state index contributed by atoms with van der Waals surface area (Å²) in [4.78, 5) is 12.6. The molecule has 0 bridgehead atoms. The Balaban J connectivity index is 1.80. The number of carbonyl (C=O) groups excluding carboxylic acids is 1. The molecule has 0 atom stereocenters. The minimum atomic E-state index is -0.0669. The van der Waals surface area contributed by atoms with E-state index in [2.05, 4.69) is 5.32 Å². The molecule has 1 aromatic heterocycles. The van der Waals surface area contributed by atoms with Crippen LogP contribution in [0.3, 0.4) is 0 Å². The molecule has 1 amide bonds. The topological polar surface area (TPSA) is 51.5 Å². The molecular weight excluding hydrogens is 445 g/mol. The van der Waals surface area contributed by atoms with Crippen molar-refractivity contribution in [3.8, 4) is 16.9 Å². The second-order valence-electron chi connectivity index (χ2n) is 8.28. The van der Waals surface area contributed by atoms with Crippen molar-refractivity contribution in [3.05, 3.63) is 57.8 Å². The number of allylic oxidation sites excluding steroid dienone is 1. The van der Waals surface area contributed by atoms with Crippen molar-refractivity contribution in [1.29, 1.82) is 0 Å². The molecule has 0 aliphatic heterocycles. The van der Waals surface area contributed by atoms with Crippen LogP contribution in [-0.4, -0.2) is 18.6 Å². The SMILES string of the molecule is CCOc1c(/C(C)=C/C(=O)NC2CCCC2)cc2c(-c3ccc(Cl)cc3Cl)coc2c1C. The van der Waals surface area contributed by atoms with Crippen molar-refractivity contribution in [2.45, 2.75) is 52.5 Å². The number of amides is 1. The van der Waals surface area contributed by atoms with Gasteiger partial charge in [0.25, 0.3) is 0 Å². The van der Waals surface area contributed by atoms with Gasteiger partial charge in [0.1, 0.15) is 11.3 Å². The molecule has 2 aromatic carbocycles. The smallest absolute Gasteiger partial charge is 0.244 e. The number of rotatable bonds is 6. The Kier molecular flexibility index (Phi) is 6.82. The van der Waals surface area contributed by atoms with Gasteiger partial charge in [0.2, 0.25) is 5.91 Å². The Morgan fingerprint density at radius 2 is 1.97 bits per heavy atom. The molecular formula is C26H27Cl2NO3. The highest BCUT2D eigenvalue weighted by molar-refractivity contribution is 6.36. The molecule has 0 radical (unpaired) electrons. The number of hydrogen-bond acceptors (Lipinski definition) is 3. The van der Waals surface area contributed by atoms with Crippen LogP contribution >= 0.6 is 23.2 Å². The molecule has 0 saturated heterocycles. The van der Waals surface area contributed by atoms with Gasteiger partial charge in [0, 0.05) is 44.8 Å². The molecule has 1 heterocycles. The zero-order valence-electron chi connectivity index (χ0n) is 18.6. The van der Waals surface area contributed by atoms with Crippen LogP contribution < -0.4 is 10.1 Å². The summed E-state index contributed by atoms with van der Waals surface area (Å²) in [6.45, 7) is 6.36. The zero-order valence-corrected chi connectivity index (χ0v) is 20.1. The zero-order chi connectivity index (χ0) is 22.8. The number of aryl methyl sites for hydroxylation is 1. The van der Waals surface area contributed by atoms with E-state index >= 15 is 0 Å². The highest BCUT2D eigenvalue weighted by Gasteiger charge is 2.21. The number of hydrogen-bond donors (Lipinski definition) is 1. The Hall–Kier alpha value is -2.43. The summed E-state index contributed by atoms with van der Waals surface area (Å²) in [5.74, 6) is 0.660. The van der Waals surface area contributed by atoms with E-state index in [1.165, 1.54) is 12.8 Å². The number of halogens is 2. The van der Waals surface area contributed by atoms with E-state index in [0.717, 1.165) is 57.4 Å². The van der Waals surface area contributed by atoms with Crippen molar-refractivity contribution in [2.24, 2.45) is 0 Å². The maximum Gasteiger partial charge on any atom is 0.244 e. The normalized spacial score (nSPS) is 14.8. The van der Waals surface area contributed by atoms with E-state index in [4.69, 9.17) is 32.4 Å². The van der Waals surface area contributed by atoms with Gasteiger partial charge >= 0.3 is 0 Å². The largest absolute Gasteiger partial charge is 0.493 e. The average Bonchev–Trinajstić information content (AvgIpc) is 3.40. The number of carbonyl (C=O) groups is 1. The summed E-state index contributed by atoms with van der Waals surface area (Å²) < 4.78 is 11.9. The van der Waals surface area contributed by atoms with Gasteiger partial charge in [-0.3, -0.25) is 4.79 Å². The predicted molar refractivity (Wildman–Crippen MR) is 132 cm³/mol. The first-order chi connectivity index (χ1) is 15.4. The Morgan fingerprint density at radius 1 is 1.22 bits per heavy atom. The van der Waals surface area contributed by atoms with Crippen LogP contribution in [0.5, 0.6) is 5.75 Å². The molecule has 168 valence electrons. The van der Waals surface area contributed by atoms with Crippen LogP contribution in [0.1, 0.15) is 50.7 Å². The van der Waals surface area contributed by atoms with Crippen LogP contribution in [0.4, 0.5) is 0 Å². The number of nitrogens with one attached hydrogen (secondary N) is 1. The van der Waals surface area contributed by atoms with Gasteiger partial charge in [0.15, 0.2) is 0 Å². The van der Waals surface area contributed by atoms with Crippen LogP contribution in [-0.2, 0) is 4.79 Å². The van der Waals surface area contributed by atoms with E-state index in [9.17, 15) is 4.79 Å². The van der Waals surface area contributed by atoms with Crippen molar-refractivity contribution >= 4 is 45.7 Å². The van der Waals surface area contributed by atoms with Gasteiger partial charge in [-0.1, -0.05) is 42.1 Å².